The maximum atomic E-state index is 9.81. The van der Waals surface area contributed by atoms with E-state index in [-0.39, 0.29) is 0 Å². The molecule has 0 aliphatic heterocycles. The van der Waals surface area contributed by atoms with Crippen molar-refractivity contribution in [1.29, 1.82) is 0 Å². The molecule has 0 aliphatic rings. The van der Waals surface area contributed by atoms with E-state index in [0.717, 1.165) is 18.6 Å². The van der Waals surface area contributed by atoms with Gasteiger partial charge in [0.15, 0.2) is 0 Å². The lowest BCUT2D eigenvalue weighted by Crippen LogP contribution is -1.85. The number of rotatable bonds is 13. The molecule has 5 heteroatoms. The van der Waals surface area contributed by atoms with Crippen LogP contribution in [-0.4, -0.2) is 30.3 Å². The second-order valence-corrected chi connectivity index (χ2v) is 5.16. The van der Waals surface area contributed by atoms with Gasteiger partial charge >= 0.3 is 0 Å². The first-order chi connectivity index (χ1) is 8.91. The molecule has 0 aromatic rings. The Kier molecular flexibility index (Phi) is 15.3. The van der Waals surface area contributed by atoms with Gasteiger partial charge in [0.25, 0.3) is 0 Å². The number of unbranched alkanes of at least 4 members (excludes halogenated alkanes) is 7. The van der Waals surface area contributed by atoms with Crippen LogP contribution in [0.3, 0.4) is 0 Å². The minimum absolute atomic E-state index is 0.548. The van der Waals surface area contributed by atoms with Gasteiger partial charge in [-0.3, -0.25) is 0 Å². The van der Waals surface area contributed by atoms with Crippen LogP contribution in [0, 0.1) is 0 Å². The smallest absolute Gasteiger partial charge is 0.211 e. The Morgan fingerprint density at radius 3 is 1.89 bits per heavy atom. The van der Waals surface area contributed by atoms with Crippen LogP contribution >= 0.6 is 11.8 Å². The lowest BCUT2D eigenvalue weighted by atomic mass is 10.1. The van der Waals surface area contributed by atoms with Crippen molar-refractivity contribution in [2.75, 3.05) is 18.2 Å². The van der Waals surface area contributed by atoms with Gasteiger partial charge in [0.05, 0.1) is 12.4 Å². The van der Waals surface area contributed by atoms with Crippen molar-refractivity contribution in [3.63, 3.8) is 0 Å². The summed E-state index contributed by atoms with van der Waals surface area (Å²) < 4.78 is 0. The lowest BCUT2D eigenvalue weighted by molar-refractivity contribution is 0.558. The summed E-state index contributed by atoms with van der Waals surface area (Å²) in [4.78, 5) is 26.6. The Morgan fingerprint density at radius 2 is 1.28 bits per heavy atom. The lowest BCUT2D eigenvalue weighted by Gasteiger charge is -2.01. The van der Waals surface area contributed by atoms with E-state index in [1.807, 2.05) is 0 Å². The maximum Gasteiger partial charge on any atom is 0.235 e. The van der Waals surface area contributed by atoms with E-state index < -0.39 is 0 Å². The van der Waals surface area contributed by atoms with E-state index in [0.29, 0.717) is 12.4 Å². The van der Waals surface area contributed by atoms with Crippen molar-refractivity contribution < 1.29 is 9.59 Å². The van der Waals surface area contributed by atoms with Gasteiger partial charge in [0.2, 0.25) is 12.2 Å². The summed E-state index contributed by atoms with van der Waals surface area (Å²) in [5.41, 5.74) is 0. The van der Waals surface area contributed by atoms with Gasteiger partial charge in [0.1, 0.15) is 0 Å². The summed E-state index contributed by atoms with van der Waals surface area (Å²) >= 11 is 1.69. The van der Waals surface area contributed by atoms with E-state index in [1.54, 1.807) is 17.8 Å². The number of isocyanates is 2. The Labute approximate surface area is 113 Å². The van der Waals surface area contributed by atoms with Crippen LogP contribution in [0.2, 0.25) is 0 Å². The molecule has 0 heterocycles. The van der Waals surface area contributed by atoms with Gasteiger partial charge in [-0.2, -0.15) is 4.99 Å². The summed E-state index contributed by atoms with van der Waals surface area (Å²) in [5.74, 6) is 1.63. The zero-order valence-electron chi connectivity index (χ0n) is 10.9. The van der Waals surface area contributed by atoms with Gasteiger partial charge in [-0.1, -0.05) is 38.5 Å². The molecule has 0 saturated heterocycles. The molecular formula is C13H22N2O2S. The highest BCUT2D eigenvalue weighted by Crippen LogP contribution is 2.11. The topological polar surface area (TPSA) is 58.9 Å². The molecule has 18 heavy (non-hydrogen) atoms. The van der Waals surface area contributed by atoms with Gasteiger partial charge in [-0.15, -0.1) is 11.8 Å². The molecule has 0 aromatic carbocycles. The molecule has 0 fully saturated rings. The molecule has 0 bridgehead atoms. The molecule has 0 aliphatic carbocycles. The fourth-order valence-electron chi connectivity index (χ4n) is 1.64. The Hall–Kier alpha value is -0.890. The summed E-state index contributed by atoms with van der Waals surface area (Å²) in [5, 5.41) is 0. The minimum Gasteiger partial charge on any atom is -0.211 e. The molecule has 0 spiro atoms. The molecule has 0 saturated carbocycles. The second kappa shape index (κ2) is 16.1. The van der Waals surface area contributed by atoms with Gasteiger partial charge in [-0.05, 0) is 18.6 Å². The summed E-state index contributed by atoms with van der Waals surface area (Å²) in [7, 11) is 0. The highest BCUT2D eigenvalue weighted by atomic mass is 32.2. The van der Waals surface area contributed by atoms with E-state index in [2.05, 4.69) is 9.98 Å². The van der Waals surface area contributed by atoms with Crippen LogP contribution in [-0.2, 0) is 9.59 Å². The third kappa shape index (κ3) is 15.1. The van der Waals surface area contributed by atoms with Crippen molar-refractivity contribution in [2.45, 2.75) is 51.4 Å². The van der Waals surface area contributed by atoms with E-state index in [4.69, 9.17) is 0 Å². The first-order valence-electron chi connectivity index (χ1n) is 6.57. The molecule has 4 nitrogen and oxygen atoms in total. The van der Waals surface area contributed by atoms with Crippen molar-refractivity contribution >= 4 is 23.9 Å². The first kappa shape index (κ1) is 17.1. The van der Waals surface area contributed by atoms with E-state index in [9.17, 15) is 9.59 Å². The van der Waals surface area contributed by atoms with Crippen LogP contribution in [0.5, 0.6) is 0 Å². The largest absolute Gasteiger partial charge is 0.235 e. The van der Waals surface area contributed by atoms with Gasteiger partial charge < -0.3 is 0 Å². The van der Waals surface area contributed by atoms with Crippen LogP contribution in [0.15, 0.2) is 9.98 Å². The van der Waals surface area contributed by atoms with Crippen LogP contribution in [0.1, 0.15) is 51.4 Å². The molecule has 0 aromatic heterocycles. The van der Waals surface area contributed by atoms with Crippen LogP contribution in [0.25, 0.3) is 0 Å². The summed E-state index contributed by atoms with van der Waals surface area (Å²) in [6, 6.07) is 0. The molecule has 0 atom stereocenters. The summed E-state index contributed by atoms with van der Waals surface area (Å²) in [6.45, 7) is 0.629. The fraction of sp³-hybridized carbons (Fsp3) is 0.846. The predicted molar refractivity (Wildman–Crippen MR) is 75.4 cm³/mol. The molecule has 102 valence electrons. The Bertz CT molecular complexity index is 244. The fourth-order valence-corrected chi connectivity index (χ4v) is 2.32. The number of aliphatic imine (C=N–C) groups is 2. The Morgan fingerprint density at radius 1 is 0.722 bits per heavy atom. The summed E-state index contributed by atoms with van der Waals surface area (Å²) in [6.07, 6.45) is 12.8. The first-order valence-corrected chi connectivity index (χ1v) is 7.72. The molecule has 0 radical (unpaired) electrons. The van der Waals surface area contributed by atoms with E-state index >= 15 is 0 Å². The highest BCUT2D eigenvalue weighted by molar-refractivity contribution is 7.99. The third-order valence-corrected chi connectivity index (χ3v) is 3.48. The quantitative estimate of drug-likeness (QED) is 0.292. The molecule has 0 unspecified atom stereocenters. The molecular weight excluding hydrogens is 248 g/mol. The molecule has 0 rings (SSSR count). The van der Waals surface area contributed by atoms with Crippen molar-refractivity contribution in [3.05, 3.63) is 0 Å². The number of hydrogen-bond donors (Lipinski definition) is 0. The zero-order chi connectivity index (χ0) is 13.3. The number of carbonyl (C=O) groups excluding carboxylic acids is 2. The van der Waals surface area contributed by atoms with Crippen molar-refractivity contribution in [2.24, 2.45) is 9.98 Å². The molecule has 0 amide bonds. The third-order valence-electron chi connectivity index (χ3n) is 2.59. The standard InChI is InChI=1S/C13H22N2O2S/c16-11-14-9-7-5-3-1-2-4-6-8-10-18-13-15-12-17/h1-10,13H2. The van der Waals surface area contributed by atoms with Gasteiger partial charge in [-0.25, -0.2) is 14.6 Å². The van der Waals surface area contributed by atoms with Gasteiger partial charge in [0, 0.05) is 0 Å². The number of hydrogen-bond acceptors (Lipinski definition) is 5. The monoisotopic (exact) mass is 270 g/mol. The zero-order valence-corrected chi connectivity index (χ0v) is 11.7. The van der Waals surface area contributed by atoms with Crippen molar-refractivity contribution in [1.82, 2.24) is 0 Å². The average Bonchev–Trinajstić information content (AvgIpc) is 2.39. The SMILES string of the molecule is O=C=NCCCCCCCCCCSCN=C=O. The van der Waals surface area contributed by atoms with Crippen molar-refractivity contribution in [3.8, 4) is 0 Å². The normalized spacial score (nSPS) is 9.56. The van der Waals surface area contributed by atoms with E-state index in [1.165, 1.54) is 44.6 Å². The Balaban J connectivity index is 2.98. The van der Waals surface area contributed by atoms with Crippen LogP contribution < -0.4 is 0 Å². The predicted octanol–water partition coefficient (Wildman–Crippen LogP) is 3.47. The maximum absolute atomic E-state index is 9.81. The number of thioether (sulfide) groups is 1. The van der Waals surface area contributed by atoms with Crippen LogP contribution in [0.4, 0.5) is 0 Å². The molecule has 0 N–H and O–H groups in total. The second-order valence-electron chi connectivity index (χ2n) is 4.09. The highest BCUT2D eigenvalue weighted by Gasteiger charge is 1.93. The minimum atomic E-state index is 0.548. The number of nitrogens with zero attached hydrogens (tertiary/aromatic N) is 2. The average molecular weight is 270 g/mol.